The molecule has 0 aromatic heterocycles. The van der Waals surface area contributed by atoms with Gasteiger partial charge in [-0.05, 0) is 30.3 Å². The van der Waals surface area contributed by atoms with E-state index in [2.05, 4.69) is 24.4 Å². The Hall–Kier alpha value is -2.31. The quantitative estimate of drug-likeness (QED) is 0.873. The van der Waals surface area contributed by atoms with E-state index in [1.807, 2.05) is 36.4 Å². The molecule has 0 atom stereocenters. The lowest BCUT2D eigenvalue weighted by molar-refractivity contribution is 0.305. The van der Waals surface area contributed by atoms with Crippen LogP contribution in [0.3, 0.4) is 0 Å². The molecule has 102 valence electrons. The number of hydrogen-bond acceptors (Lipinski definition) is 3. The molecule has 1 N–H and O–H groups in total. The molecule has 20 heavy (non-hydrogen) atoms. The standard InChI is InChI=1S/C17H18N2O/c1-2-19-12-14-6-5-9-17(10-14)20-13-16-8-4-3-7-15(16)11-18/h3-10,19H,2,12-13H2,1H3. The van der Waals surface area contributed by atoms with Crippen LogP contribution in [0.1, 0.15) is 23.6 Å². The van der Waals surface area contributed by atoms with Crippen LogP contribution in [0.4, 0.5) is 0 Å². The summed E-state index contributed by atoms with van der Waals surface area (Å²) < 4.78 is 5.78. The second kappa shape index (κ2) is 7.32. The van der Waals surface area contributed by atoms with Gasteiger partial charge in [0, 0.05) is 12.1 Å². The van der Waals surface area contributed by atoms with E-state index < -0.39 is 0 Å². The lowest BCUT2D eigenvalue weighted by Crippen LogP contribution is -2.11. The highest BCUT2D eigenvalue weighted by atomic mass is 16.5. The summed E-state index contributed by atoms with van der Waals surface area (Å²) in [4.78, 5) is 0. The van der Waals surface area contributed by atoms with Gasteiger partial charge in [-0.25, -0.2) is 0 Å². The Kier molecular flexibility index (Phi) is 5.16. The average molecular weight is 266 g/mol. The highest BCUT2D eigenvalue weighted by molar-refractivity contribution is 5.37. The molecular weight excluding hydrogens is 248 g/mol. The maximum Gasteiger partial charge on any atom is 0.120 e. The van der Waals surface area contributed by atoms with Crippen LogP contribution >= 0.6 is 0 Å². The van der Waals surface area contributed by atoms with Crippen molar-refractivity contribution in [2.75, 3.05) is 6.54 Å². The summed E-state index contributed by atoms with van der Waals surface area (Å²) in [5.41, 5.74) is 2.77. The first-order valence-electron chi connectivity index (χ1n) is 6.74. The van der Waals surface area contributed by atoms with Crippen LogP contribution in [0, 0.1) is 11.3 Å². The van der Waals surface area contributed by atoms with Crippen LogP contribution in [0.25, 0.3) is 0 Å². The normalized spacial score (nSPS) is 10.0. The van der Waals surface area contributed by atoms with Gasteiger partial charge in [0.1, 0.15) is 12.4 Å². The summed E-state index contributed by atoms with van der Waals surface area (Å²) >= 11 is 0. The van der Waals surface area contributed by atoms with Gasteiger partial charge in [-0.2, -0.15) is 5.26 Å². The first-order chi connectivity index (χ1) is 9.83. The van der Waals surface area contributed by atoms with Crippen molar-refractivity contribution in [2.24, 2.45) is 0 Å². The molecule has 0 unspecified atom stereocenters. The van der Waals surface area contributed by atoms with E-state index in [0.717, 1.165) is 24.4 Å². The second-order valence-electron chi connectivity index (χ2n) is 4.49. The lowest BCUT2D eigenvalue weighted by Gasteiger charge is -2.09. The van der Waals surface area contributed by atoms with E-state index in [1.54, 1.807) is 6.07 Å². The van der Waals surface area contributed by atoms with Crippen molar-refractivity contribution in [1.82, 2.24) is 5.32 Å². The predicted octanol–water partition coefficient (Wildman–Crippen LogP) is 3.25. The van der Waals surface area contributed by atoms with E-state index in [1.165, 1.54) is 5.56 Å². The number of benzene rings is 2. The van der Waals surface area contributed by atoms with Crippen LogP contribution in [0.15, 0.2) is 48.5 Å². The van der Waals surface area contributed by atoms with Crippen LogP contribution in [-0.2, 0) is 13.2 Å². The number of nitrogens with zero attached hydrogens (tertiary/aromatic N) is 1. The third-order valence-electron chi connectivity index (χ3n) is 3.01. The largest absolute Gasteiger partial charge is 0.489 e. The van der Waals surface area contributed by atoms with Crippen LogP contribution < -0.4 is 10.1 Å². The fraction of sp³-hybridized carbons (Fsp3) is 0.235. The van der Waals surface area contributed by atoms with Crippen molar-refractivity contribution in [2.45, 2.75) is 20.1 Å². The summed E-state index contributed by atoms with van der Waals surface area (Å²) in [6.45, 7) is 4.27. The molecule has 0 amide bonds. The minimum absolute atomic E-state index is 0.411. The zero-order valence-corrected chi connectivity index (χ0v) is 11.6. The van der Waals surface area contributed by atoms with E-state index in [-0.39, 0.29) is 0 Å². The van der Waals surface area contributed by atoms with Gasteiger partial charge < -0.3 is 10.1 Å². The number of hydrogen-bond donors (Lipinski definition) is 1. The Morgan fingerprint density at radius 3 is 2.80 bits per heavy atom. The average Bonchev–Trinajstić information content (AvgIpc) is 2.51. The van der Waals surface area contributed by atoms with E-state index in [9.17, 15) is 0 Å². The van der Waals surface area contributed by atoms with Crippen LogP contribution in [0.5, 0.6) is 5.75 Å². The lowest BCUT2D eigenvalue weighted by atomic mass is 10.1. The highest BCUT2D eigenvalue weighted by Crippen LogP contribution is 2.16. The minimum atomic E-state index is 0.411. The first-order valence-corrected chi connectivity index (χ1v) is 6.74. The van der Waals surface area contributed by atoms with Gasteiger partial charge in [-0.15, -0.1) is 0 Å². The zero-order chi connectivity index (χ0) is 14.2. The molecular formula is C17H18N2O. The van der Waals surface area contributed by atoms with Gasteiger partial charge in [0.2, 0.25) is 0 Å². The fourth-order valence-electron chi connectivity index (χ4n) is 1.93. The Balaban J connectivity index is 2.02. The Morgan fingerprint density at radius 2 is 2.00 bits per heavy atom. The van der Waals surface area contributed by atoms with Crippen molar-refractivity contribution in [3.63, 3.8) is 0 Å². The summed E-state index contributed by atoms with van der Waals surface area (Å²) in [5, 5.41) is 12.3. The summed E-state index contributed by atoms with van der Waals surface area (Å²) in [6.07, 6.45) is 0. The van der Waals surface area contributed by atoms with Crippen molar-refractivity contribution < 1.29 is 4.74 Å². The molecule has 0 heterocycles. The van der Waals surface area contributed by atoms with E-state index in [4.69, 9.17) is 10.00 Å². The topological polar surface area (TPSA) is 45.0 Å². The van der Waals surface area contributed by atoms with Gasteiger partial charge in [0.15, 0.2) is 0 Å². The second-order valence-corrected chi connectivity index (χ2v) is 4.49. The Labute approximate surface area is 119 Å². The maximum atomic E-state index is 9.04. The molecule has 0 aliphatic carbocycles. The Bertz CT molecular complexity index is 602. The minimum Gasteiger partial charge on any atom is -0.489 e. The molecule has 0 saturated carbocycles. The van der Waals surface area contributed by atoms with Gasteiger partial charge >= 0.3 is 0 Å². The van der Waals surface area contributed by atoms with Crippen molar-refractivity contribution >= 4 is 0 Å². The SMILES string of the molecule is CCNCc1cccc(OCc2ccccc2C#N)c1. The fourth-order valence-corrected chi connectivity index (χ4v) is 1.93. The number of nitrogens with one attached hydrogen (secondary N) is 1. The van der Waals surface area contributed by atoms with Crippen molar-refractivity contribution in [1.29, 1.82) is 5.26 Å². The van der Waals surface area contributed by atoms with Crippen molar-refractivity contribution in [3.05, 3.63) is 65.2 Å². The maximum absolute atomic E-state index is 9.04. The van der Waals surface area contributed by atoms with Gasteiger partial charge in [0.05, 0.1) is 11.6 Å². The van der Waals surface area contributed by atoms with Gasteiger partial charge in [-0.3, -0.25) is 0 Å². The van der Waals surface area contributed by atoms with Crippen LogP contribution in [0.2, 0.25) is 0 Å². The van der Waals surface area contributed by atoms with E-state index in [0.29, 0.717) is 12.2 Å². The molecule has 0 saturated heterocycles. The monoisotopic (exact) mass is 266 g/mol. The first kappa shape index (κ1) is 14.1. The number of ether oxygens (including phenoxy) is 1. The predicted molar refractivity (Wildman–Crippen MR) is 79.3 cm³/mol. The van der Waals surface area contributed by atoms with Gasteiger partial charge in [0.25, 0.3) is 0 Å². The molecule has 0 aliphatic rings. The molecule has 2 aromatic carbocycles. The summed E-state index contributed by atoms with van der Waals surface area (Å²) in [7, 11) is 0. The molecule has 0 radical (unpaired) electrons. The third kappa shape index (κ3) is 3.84. The van der Waals surface area contributed by atoms with Crippen LogP contribution in [-0.4, -0.2) is 6.54 Å². The third-order valence-corrected chi connectivity index (χ3v) is 3.01. The van der Waals surface area contributed by atoms with Gasteiger partial charge in [-0.1, -0.05) is 37.3 Å². The van der Waals surface area contributed by atoms with E-state index >= 15 is 0 Å². The molecule has 2 rings (SSSR count). The number of nitriles is 1. The molecule has 0 aliphatic heterocycles. The summed E-state index contributed by atoms with van der Waals surface area (Å²) in [5.74, 6) is 0.827. The molecule has 0 bridgehead atoms. The molecule has 3 nitrogen and oxygen atoms in total. The zero-order valence-electron chi connectivity index (χ0n) is 11.6. The molecule has 2 aromatic rings. The number of rotatable bonds is 6. The van der Waals surface area contributed by atoms with Crippen molar-refractivity contribution in [3.8, 4) is 11.8 Å². The Morgan fingerprint density at radius 1 is 1.15 bits per heavy atom. The molecule has 3 heteroatoms. The smallest absolute Gasteiger partial charge is 0.120 e. The molecule has 0 spiro atoms. The summed E-state index contributed by atoms with van der Waals surface area (Å²) in [6, 6.07) is 17.7. The highest BCUT2D eigenvalue weighted by Gasteiger charge is 2.02. The molecule has 0 fully saturated rings.